The number of nitrogens with zero attached hydrogens (tertiary/aromatic N) is 3. The van der Waals surface area contributed by atoms with Gasteiger partial charge in [0.25, 0.3) is 0 Å². The molecule has 100 valence electrons. The monoisotopic (exact) mass is 282 g/mol. The highest BCUT2D eigenvalue weighted by atomic mass is 32.1. The minimum absolute atomic E-state index is 0.148. The summed E-state index contributed by atoms with van der Waals surface area (Å²) in [5.41, 5.74) is 3.88. The normalized spacial score (nSPS) is 15.7. The van der Waals surface area contributed by atoms with Crippen molar-refractivity contribution in [2.75, 3.05) is 0 Å². The maximum Gasteiger partial charge on any atom is 0.184 e. The van der Waals surface area contributed by atoms with Crippen molar-refractivity contribution < 1.29 is 0 Å². The molecule has 4 nitrogen and oxygen atoms in total. The number of fused-ring (bicyclic) bond motifs is 3. The molecular formula is C15H14N4S. The molecule has 0 atom stereocenters. The second kappa shape index (κ2) is 3.99. The predicted molar refractivity (Wildman–Crippen MR) is 79.7 cm³/mol. The summed E-state index contributed by atoms with van der Waals surface area (Å²) in [4.78, 5) is 10.3. The lowest BCUT2D eigenvalue weighted by atomic mass is 9.74. The first-order valence-corrected chi connectivity index (χ1v) is 7.42. The molecule has 1 aromatic carbocycles. The van der Waals surface area contributed by atoms with Gasteiger partial charge in [-0.15, -0.1) is 11.3 Å². The van der Waals surface area contributed by atoms with E-state index in [0.717, 1.165) is 22.9 Å². The maximum absolute atomic E-state index is 4.78. The standard InChI is InChI=1S/C15H14N4S/c1-15(2)7-11-12(9-5-3-4-6-10(9)15)18-14(20-11)13-16-8-17-19-13/h3-6,8H,7H2,1-2H3,(H,16,17,19). The second-order valence-corrected chi connectivity index (χ2v) is 6.81. The van der Waals surface area contributed by atoms with Crippen LogP contribution in [0.2, 0.25) is 0 Å². The Morgan fingerprint density at radius 1 is 1.25 bits per heavy atom. The summed E-state index contributed by atoms with van der Waals surface area (Å²) in [6.07, 6.45) is 2.54. The molecule has 1 aliphatic rings. The van der Waals surface area contributed by atoms with Crippen LogP contribution in [0.15, 0.2) is 30.6 Å². The number of hydrogen-bond donors (Lipinski definition) is 1. The largest absolute Gasteiger partial charge is 0.257 e. The van der Waals surface area contributed by atoms with E-state index in [0.29, 0.717) is 0 Å². The first-order valence-electron chi connectivity index (χ1n) is 6.60. The minimum Gasteiger partial charge on any atom is -0.257 e. The quantitative estimate of drug-likeness (QED) is 0.744. The Morgan fingerprint density at radius 3 is 2.90 bits per heavy atom. The van der Waals surface area contributed by atoms with Crippen molar-refractivity contribution in [3.8, 4) is 22.1 Å². The van der Waals surface area contributed by atoms with Crippen molar-refractivity contribution in [1.29, 1.82) is 0 Å². The molecule has 0 fully saturated rings. The average molecular weight is 282 g/mol. The molecule has 2 heterocycles. The lowest BCUT2D eigenvalue weighted by Gasteiger charge is -2.31. The van der Waals surface area contributed by atoms with Crippen LogP contribution in [0.4, 0.5) is 0 Å². The van der Waals surface area contributed by atoms with E-state index in [4.69, 9.17) is 4.98 Å². The van der Waals surface area contributed by atoms with E-state index in [1.165, 1.54) is 22.3 Å². The number of thiazole rings is 1. The highest BCUT2D eigenvalue weighted by Gasteiger charge is 2.33. The molecule has 20 heavy (non-hydrogen) atoms. The Hall–Kier alpha value is -2.01. The van der Waals surface area contributed by atoms with Crippen LogP contribution >= 0.6 is 11.3 Å². The predicted octanol–water partition coefficient (Wildman–Crippen LogP) is 3.43. The van der Waals surface area contributed by atoms with Crippen LogP contribution in [-0.2, 0) is 11.8 Å². The number of H-pyrrole nitrogens is 1. The summed E-state index contributed by atoms with van der Waals surface area (Å²) in [5.74, 6) is 0.750. The van der Waals surface area contributed by atoms with Crippen LogP contribution in [0.1, 0.15) is 24.3 Å². The zero-order valence-corrected chi connectivity index (χ0v) is 12.2. The van der Waals surface area contributed by atoms with E-state index in [2.05, 4.69) is 53.3 Å². The topological polar surface area (TPSA) is 54.5 Å². The summed E-state index contributed by atoms with van der Waals surface area (Å²) in [6.45, 7) is 4.59. The molecule has 0 saturated heterocycles. The van der Waals surface area contributed by atoms with Crippen LogP contribution in [0.25, 0.3) is 22.1 Å². The molecule has 1 aliphatic carbocycles. The summed E-state index contributed by atoms with van der Waals surface area (Å²) in [6, 6.07) is 8.57. The van der Waals surface area contributed by atoms with Crippen LogP contribution in [0, 0.1) is 0 Å². The molecule has 0 radical (unpaired) electrons. The van der Waals surface area contributed by atoms with E-state index < -0.39 is 0 Å². The van der Waals surface area contributed by atoms with E-state index in [9.17, 15) is 0 Å². The highest BCUT2D eigenvalue weighted by molar-refractivity contribution is 7.15. The Bertz CT molecular complexity index is 771. The molecule has 4 rings (SSSR count). The van der Waals surface area contributed by atoms with E-state index >= 15 is 0 Å². The second-order valence-electron chi connectivity index (χ2n) is 5.73. The lowest BCUT2D eigenvalue weighted by Crippen LogP contribution is -2.24. The van der Waals surface area contributed by atoms with E-state index in [1.807, 2.05) is 0 Å². The van der Waals surface area contributed by atoms with Gasteiger partial charge in [-0.2, -0.15) is 5.10 Å². The Labute approximate surface area is 120 Å². The van der Waals surface area contributed by atoms with Gasteiger partial charge in [0.1, 0.15) is 6.33 Å². The Kier molecular flexibility index (Phi) is 2.35. The zero-order valence-electron chi connectivity index (χ0n) is 11.3. The van der Waals surface area contributed by atoms with Crippen LogP contribution < -0.4 is 0 Å². The number of nitrogens with one attached hydrogen (secondary N) is 1. The van der Waals surface area contributed by atoms with Crippen molar-refractivity contribution in [1.82, 2.24) is 20.2 Å². The third-order valence-corrected chi connectivity index (χ3v) is 4.89. The Morgan fingerprint density at radius 2 is 2.10 bits per heavy atom. The van der Waals surface area contributed by atoms with Crippen molar-refractivity contribution in [3.63, 3.8) is 0 Å². The van der Waals surface area contributed by atoms with Gasteiger partial charge in [0.15, 0.2) is 10.8 Å². The summed E-state index contributed by atoms with van der Waals surface area (Å²) in [7, 11) is 0. The number of aromatic nitrogens is 4. The molecule has 0 spiro atoms. The summed E-state index contributed by atoms with van der Waals surface area (Å²) in [5, 5.41) is 7.72. The van der Waals surface area contributed by atoms with Crippen LogP contribution in [-0.4, -0.2) is 20.2 Å². The molecule has 0 unspecified atom stereocenters. The van der Waals surface area contributed by atoms with Gasteiger partial charge in [0.2, 0.25) is 0 Å². The van der Waals surface area contributed by atoms with Crippen molar-refractivity contribution >= 4 is 11.3 Å². The number of hydrogen-bond acceptors (Lipinski definition) is 4. The molecule has 1 N–H and O–H groups in total. The third-order valence-electron chi connectivity index (χ3n) is 3.83. The average Bonchev–Trinajstić information content (AvgIpc) is 3.06. The fourth-order valence-electron chi connectivity index (χ4n) is 2.87. The highest BCUT2D eigenvalue weighted by Crippen LogP contribution is 2.45. The van der Waals surface area contributed by atoms with Gasteiger partial charge in [-0.25, -0.2) is 9.97 Å². The third kappa shape index (κ3) is 1.63. The molecule has 5 heteroatoms. The van der Waals surface area contributed by atoms with Crippen molar-refractivity contribution in [3.05, 3.63) is 41.0 Å². The number of benzene rings is 1. The first kappa shape index (κ1) is 11.8. The first-order chi connectivity index (χ1) is 9.65. The van der Waals surface area contributed by atoms with Gasteiger partial charge in [-0.1, -0.05) is 38.1 Å². The maximum atomic E-state index is 4.78. The summed E-state index contributed by atoms with van der Waals surface area (Å²) < 4.78 is 0. The zero-order chi connectivity index (χ0) is 13.7. The smallest absolute Gasteiger partial charge is 0.184 e. The fourth-order valence-corrected chi connectivity index (χ4v) is 4.12. The molecule has 2 aromatic heterocycles. The molecule has 0 bridgehead atoms. The summed E-state index contributed by atoms with van der Waals surface area (Å²) >= 11 is 1.71. The van der Waals surface area contributed by atoms with Gasteiger partial charge < -0.3 is 0 Å². The van der Waals surface area contributed by atoms with Crippen molar-refractivity contribution in [2.45, 2.75) is 25.7 Å². The number of aromatic amines is 1. The van der Waals surface area contributed by atoms with Crippen LogP contribution in [0.3, 0.4) is 0 Å². The SMILES string of the molecule is CC1(C)Cc2sc(-c3ncn[nH]3)nc2-c2ccccc21. The van der Waals surface area contributed by atoms with Gasteiger partial charge >= 0.3 is 0 Å². The number of rotatable bonds is 1. The molecule has 0 aliphatic heterocycles. The van der Waals surface area contributed by atoms with E-state index in [1.54, 1.807) is 11.3 Å². The fraction of sp³-hybridized carbons (Fsp3) is 0.267. The van der Waals surface area contributed by atoms with Gasteiger partial charge in [-0.3, -0.25) is 5.10 Å². The molecular weight excluding hydrogens is 268 g/mol. The van der Waals surface area contributed by atoms with E-state index in [-0.39, 0.29) is 5.41 Å². The van der Waals surface area contributed by atoms with Crippen LogP contribution in [0.5, 0.6) is 0 Å². The van der Waals surface area contributed by atoms with Gasteiger partial charge in [0, 0.05) is 10.4 Å². The Balaban J connectivity index is 1.94. The van der Waals surface area contributed by atoms with Gasteiger partial charge in [-0.05, 0) is 17.4 Å². The minimum atomic E-state index is 0.148. The lowest BCUT2D eigenvalue weighted by molar-refractivity contribution is 0.521. The van der Waals surface area contributed by atoms with Crippen molar-refractivity contribution in [2.24, 2.45) is 0 Å². The molecule has 0 amide bonds. The molecule has 0 saturated carbocycles. The van der Waals surface area contributed by atoms with Gasteiger partial charge in [0.05, 0.1) is 5.69 Å². The molecule has 3 aromatic rings.